The van der Waals surface area contributed by atoms with Gasteiger partial charge in [0, 0.05) is 12.8 Å². The molecule has 0 fully saturated rings. The molecule has 0 aliphatic heterocycles. The molecule has 0 rings (SSSR count). The molecule has 6 nitrogen and oxygen atoms in total. The van der Waals surface area contributed by atoms with Crippen molar-refractivity contribution in [2.75, 3.05) is 13.2 Å². The van der Waals surface area contributed by atoms with Crippen molar-refractivity contribution in [3.8, 4) is 0 Å². The summed E-state index contributed by atoms with van der Waals surface area (Å²) in [5.41, 5.74) is 0. The zero-order chi connectivity index (χ0) is 56.4. The normalized spacial score (nSPS) is 12.5. The van der Waals surface area contributed by atoms with E-state index in [1.807, 2.05) is 0 Å². The molecule has 0 aromatic carbocycles. The van der Waals surface area contributed by atoms with Crippen molar-refractivity contribution >= 4 is 11.9 Å². The van der Waals surface area contributed by atoms with Gasteiger partial charge in [0.05, 0.1) is 25.4 Å². The van der Waals surface area contributed by atoms with Gasteiger partial charge in [-0.25, -0.2) is 0 Å². The Morgan fingerprint density at radius 1 is 0.346 bits per heavy atom. The smallest absolute Gasteiger partial charge is 0.305 e. The second-order valence-electron chi connectivity index (χ2n) is 24.9. The predicted molar refractivity (Wildman–Crippen MR) is 343 cm³/mol. The zero-order valence-electron chi connectivity index (χ0n) is 53.2. The third-order valence-electron chi connectivity index (χ3n) is 17.1. The van der Waals surface area contributed by atoms with Crippen LogP contribution in [0.4, 0.5) is 0 Å². The standard InChI is InChI=1S/C72H141NO5/c1-3-5-7-9-11-13-15-17-19-21-22-30-33-36-40-44-48-52-56-60-64-70(75)69(68-74)73-71(76)65-61-57-53-49-45-41-37-34-31-28-26-24-23-25-27-29-32-35-39-43-47-51-55-59-63-67-78-72(77)66-62-58-54-50-46-42-38-20-18-16-14-12-10-8-6-4-2/h24,26,69-70,74-75H,3-23,25,27-68H2,1-2H3,(H,73,76)/b26-24-. The van der Waals surface area contributed by atoms with Crippen molar-refractivity contribution in [1.82, 2.24) is 5.32 Å². The van der Waals surface area contributed by atoms with Gasteiger partial charge in [0.15, 0.2) is 0 Å². The van der Waals surface area contributed by atoms with Crippen LogP contribution in [-0.4, -0.2) is 47.4 Å². The number of carbonyl (C=O) groups is 2. The van der Waals surface area contributed by atoms with Crippen LogP contribution < -0.4 is 5.32 Å². The Balaban J connectivity index is 3.38. The first-order valence-electron chi connectivity index (χ1n) is 35.9. The Kier molecular flexibility index (Phi) is 66.9. The van der Waals surface area contributed by atoms with E-state index in [2.05, 4.69) is 31.3 Å². The molecule has 3 N–H and O–H groups in total. The number of ether oxygens (including phenoxy) is 1. The van der Waals surface area contributed by atoms with Crippen LogP contribution in [0.15, 0.2) is 12.2 Å². The number of aliphatic hydroxyl groups is 2. The number of hydrogen-bond donors (Lipinski definition) is 3. The maximum absolute atomic E-state index is 12.5. The summed E-state index contributed by atoms with van der Waals surface area (Å²) in [7, 11) is 0. The lowest BCUT2D eigenvalue weighted by atomic mass is 10.0. The van der Waals surface area contributed by atoms with Crippen molar-refractivity contribution in [2.45, 2.75) is 424 Å². The van der Waals surface area contributed by atoms with E-state index in [1.165, 1.54) is 340 Å². The summed E-state index contributed by atoms with van der Waals surface area (Å²) in [5.74, 6) is -0.0152. The van der Waals surface area contributed by atoms with Gasteiger partial charge in [-0.2, -0.15) is 0 Å². The van der Waals surface area contributed by atoms with Crippen LogP contribution in [0.1, 0.15) is 412 Å². The Morgan fingerprint density at radius 3 is 0.910 bits per heavy atom. The number of allylic oxidation sites excluding steroid dienone is 2. The van der Waals surface area contributed by atoms with Gasteiger partial charge in [-0.3, -0.25) is 9.59 Å². The maximum Gasteiger partial charge on any atom is 0.305 e. The van der Waals surface area contributed by atoms with E-state index in [0.717, 1.165) is 38.5 Å². The summed E-state index contributed by atoms with van der Waals surface area (Å²) >= 11 is 0. The van der Waals surface area contributed by atoms with E-state index in [1.54, 1.807) is 0 Å². The van der Waals surface area contributed by atoms with E-state index >= 15 is 0 Å². The molecular weight excluding hydrogens is 959 g/mol. The molecular formula is C72H141NO5. The van der Waals surface area contributed by atoms with Gasteiger partial charge >= 0.3 is 5.97 Å². The molecule has 0 saturated heterocycles. The first-order valence-corrected chi connectivity index (χ1v) is 35.9. The molecule has 6 heteroatoms. The number of rotatable bonds is 68. The predicted octanol–water partition coefficient (Wildman–Crippen LogP) is 23.1. The number of unbranched alkanes of at least 4 members (excludes halogenated alkanes) is 55. The largest absolute Gasteiger partial charge is 0.466 e. The number of aliphatic hydroxyl groups excluding tert-OH is 2. The van der Waals surface area contributed by atoms with Crippen LogP contribution in [0.25, 0.3) is 0 Å². The van der Waals surface area contributed by atoms with Gasteiger partial charge < -0.3 is 20.3 Å². The van der Waals surface area contributed by atoms with Crippen molar-refractivity contribution in [3.63, 3.8) is 0 Å². The minimum Gasteiger partial charge on any atom is -0.466 e. The lowest BCUT2D eigenvalue weighted by molar-refractivity contribution is -0.143. The molecule has 78 heavy (non-hydrogen) atoms. The first kappa shape index (κ1) is 76.6. The van der Waals surface area contributed by atoms with Crippen LogP contribution in [0.3, 0.4) is 0 Å². The molecule has 2 atom stereocenters. The molecule has 0 aromatic heterocycles. The van der Waals surface area contributed by atoms with Crippen molar-refractivity contribution in [2.24, 2.45) is 0 Å². The number of esters is 1. The number of nitrogens with one attached hydrogen (secondary N) is 1. The van der Waals surface area contributed by atoms with Crippen LogP contribution in [0.2, 0.25) is 0 Å². The molecule has 0 aromatic rings. The molecule has 0 bridgehead atoms. The Bertz CT molecular complexity index is 1180. The van der Waals surface area contributed by atoms with Gasteiger partial charge in [-0.1, -0.05) is 360 Å². The Labute approximate surface area is 489 Å². The minimum absolute atomic E-state index is 0.0181. The Morgan fingerprint density at radius 2 is 0.603 bits per heavy atom. The number of hydrogen-bond acceptors (Lipinski definition) is 5. The van der Waals surface area contributed by atoms with Crippen molar-refractivity contribution < 1.29 is 24.5 Å². The highest BCUT2D eigenvalue weighted by Gasteiger charge is 2.20. The summed E-state index contributed by atoms with van der Waals surface area (Å²) in [4.78, 5) is 24.6. The topological polar surface area (TPSA) is 95.9 Å². The van der Waals surface area contributed by atoms with E-state index in [0.29, 0.717) is 25.9 Å². The molecule has 1 amide bonds. The van der Waals surface area contributed by atoms with Gasteiger partial charge in [0.25, 0.3) is 0 Å². The molecule has 2 unspecified atom stereocenters. The lowest BCUT2D eigenvalue weighted by Gasteiger charge is -2.22. The fourth-order valence-electron chi connectivity index (χ4n) is 11.6. The lowest BCUT2D eigenvalue weighted by Crippen LogP contribution is -2.45. The molecule has 0 aliphatic rings. The maximum atomic E-state index is 12.5. The van der Waals surface area contributed by atoms with E-state index < -0.39 is 12.1 Å². The van der Waals surface area contributed by atoms with Crippen LogP contribution in [-0.2, 0) is 14.3 Å². The van der Waals surface area contributed by atoms with Crippen LogP contribution in [0, 0.1) is 0 Å². The highest BCUT2D eigenvalue weighted by Crippen LogP contribution is 2.19. The summed E-state index contributed by atoms with van der Waals surface area (Å²) in [5, 5.41) is 23.4. The van der Waals surface area contributed by atoms with E-state index in [9.17, 15) is 19.8 Å². The van der Waals surface area contributed by atoms with Gasteiger partial charge in [0.1, 0.15) is 0 Å². The highest BCUT2D eigenvalue weighted by atomic mass is 16.5. The number of carbonyl (C=O) groups excluding carboxylic acids is 2. The fourth-order valence-corrected chi connectivity index (χ4v) is 11.6. The monoisotopic (exact) mass is 1100 g/mol. The summed E-state index contributed by atoms with van der Waals surface area (Å²) < 4.78 is 5.50. The average Bonchev–Trinajstić information content (AvgIpc) is 3.44. The summed E-state index contributed by atoms with van der Waals surface area (Å²) in [6.07, 6.45) is 84.0. The molecule has 0 spiro atoms. The zero-order valence-corrected chi connectivity index (χ0v) is 53.2. The van der Waals surface area contributed by atoms with Gasteiger partial charge in [-0.15, -0.1) is 0 Å². The average molecular weight is 1100 g/mol. The van der Waals surface area contributed by atoms with Crippen molar-refractivity contribution in [1.29, 1.82) is 0 Å². The third kappa shape index (κ3) is 63.8. The second-order valence-corrected chi connectivity index (χ2v) is 24.9. The van der Waals surface area contributed by atoms with Crippen LogP contribution >= 0.6 is 0 Å². The van der Waals surface area contributed by atoms with Gasteiger partial charge in [-0.05, 0) is 51.4 Å². The molecule has 0 radical (unpaired) electrons. The van der Waals surface area contributed by atoms with Gasteiger partial charge in [0.2, 0.25) is 5.91 Å². The highest BCUT2D eigenvalue weighted by molar-refractivity contribution is 5.76. The quantitative estimate of drug-likeness (QED) is 0.0320. The third-order valence-corrected chi connectivity index (χ3v) is 17.1. The molecule has 0 heterocycles. The summed E-state index contributed by atoms with van der Waals surface area (Å²) in [6.45, 7) is 5.00. The van der Waals surface area contributed by atoms with E-state index in [4.69, 9.17) is 4.74 Å². The summed E-state index contributed by atoms with van der Waals surface area (Å²) in [6, 6.07) is -0.544. The fraction of sp³-hybridized carbons (Fsp3) is 0.944. The van der Waals surface area contributed by atoms with Crippen molar-refractivity contribution in [3.05, 3.63) is 12.2 Å². The molecule has 0 aliphatic carbocycles. The Hall–Kier alpha value is -1.40. The van der Waals surface area contributed by atoms with Crippen LogP contribution in [0.5, 0.6) is 0 Å². The SMILES string of the molecule is CCCCCCCCCCCCCCCCCCCCCCC(O)C(CO)NC(=O)CCCCCCCCCCC/C=C\CCCCCCCCCCCCCCOC(=O)CCCCCCCCCCCCCCCCCC. The first-order chi connectivity index (χ1) is 38.5. The molecule has 464 valence electrons. The minimum atomic E-state index is -0.667. The van der Waals surface area contributed by atoms with E-state index in [-0.39, 0.29) is 18.5 Å². The second kappa shape index (κ2) is 68.1. The number of amides is 1. The molecule has 0 saturated carbocycles.